The van der Waals surface area contributed by atoms with E-state index in [1.807, 2.05) is 36.4 Å². The first-order chi connectivity index (χ1) is 25.6. The molecule has 0 saturated heterocycles. The van der Waals surface area contributed by atoms with E-state index in [4.69, 9.17) is 9.47 Å². The molecular formula is C40H42FN5O7. The Morgan fingerprint density at radius 1 is 0.830 bits per heavy atom. The van der Waals surface area contributed by atoms with Crippen molar-refractivity contribution in [3.8, 4) is 11.5 Å². The Morgan fingerprint density at radius 2 is 1.49 bits per heavy atom. The molecule has 4 aromatic rings. The molecule has 0 aromatic heterocycles. The van der Waals surface area contributed by atoms with Crippen molar-refractivity contribution in [3.63, 3.8) is 0 Å². The average Bonchev–Trinajstić information content (AvgIpc) is 3.16. The van der Waals surface area contributed by atoms with Gasteiger partial charge < -0.3 is 35.2 Å². The van der Waals surface area contributed by atoms with Gasteiger partial charge in [-0.2, -0.15) is 0 Å². The van der Waals surface area contributed by atoms with Crippen LogP contribution in [0.2, 0.25) is 0 Å². The van der Waals surface area contributed by atoms with Crippen LogP contribution in [-0.2, 0) is 32.1 Å². The van der Waals surface area contributed by atoms with Gasteiger partial charge in [0.15, 0.2) is 0 Å². The zero-order valence-electron chi connectivity index (χ0n) is 29.3. The highest BCUT2D eigenvalue weighted by Gasteiger charge is 2.30. The molecule has 0 radical (unpaired) electrons. The molecule has 12 nitrogen and oxygen atoms in total. The zero-order chi connectivity index (χ0) is 37.6. The molecule has 0 spiro atoms. The topological polar surface area (TPSA) is 146 Å². The number of nitrogens with one attached hydrogen (secondary N) is 3. The summed E-state index contributed by atoms with van der Waals surface area (Å²) in [4.78, 5) is 70.7. The van der Waals surface area contributed by atoms with E-state index in [-0.39, 0.29) is 50.7 Å². The number of hydrogen-bond acceptors (Lipinski definition) is 7. The minimum atomic E-state index is -1.36. The van der Waals surface area contributed by atoms with Gasteiger partial charge in [-0.05, 0) is 53.9 Å². The summed E-state index contributed by atoms with van der Waals surface area (Å²) in [6.07, 6.45) is -0.0754. The molecule has 0 saturated carbocycles. The summed E-state index contributed by atoms with van der Waals surface area (Å²) in [6, 6.07) is 28.5. The molecule has 1 aliphatic rings. The van der Waals surface area contributed by atoms with Crippen molar-refractivity contribution in [1.29, 1.82) is 0 Å². The Balaban J connectivity index is 1.41. The van der Waals surface area contributed by atoms with Crippen molar-refractivity contribution in [3.05, 3.63) is 132 Å². The molecule has 0 fully saturated rings. The van der Waals surface area contributed by atoms with Crippen molar-refractivity contribution in [2.24, 2.45) is 0 Å². The van der Waals surface area contributed by atoms with Gasteiger partial charge in [0.2, 0.25) is 23.6 Å². The summed E-state index contributed by atoms with van der Waals surface area (Å²) >= 11 is 0. The van der Waals surface area contributed by atoms with Crippen LogP contribution in [0.1, 0.15) is 27.9 Å². The predicted octanol–water partition coefficient (Wildman–Crippen LogP) is 3.12. The van der Waals surface area contributed by atoms with Gasteiger partial charge in [-0.25, -0.2) is 4.39 Å². The minimum absolute atomic E-state index is 0.0100. The summed E-state index contributed by atoms with van der Waals surface area (Å²) in [7, 11) is 1.48. The van der Waals surface area contributed by atoms with Gasteiger partial charge in [0, 0.05) is 13.6 Å². The second kappa shape index (κ2) is 18.8. The van der Waals surface area contributed by atoms with Gasteiger partial charge in [0.05, 0.1) is 31.1 Å². The van der Waals surface area contributed by atoms with Gasteiger partial charge in [-0.3, -0.25) is 24.0 Å². The fourth-order valence-corrected chi connectivity index (χ4v) is 5.66. The van der Waals surface area contributed by atoms with Crippen LogP contribution in [0.15, 0.2) is 109 Å². The van der Waals surface area contributed by atoms with Crippen LogP contribution in [0.4, 0.5) is 4.39 Å². The third kappa shape index (κ3) is 11.6. The number of para-hydroxylation sites is 1. The van der Waals surface area contributed by atoms with Crippen LogP contribution in [0.25, 0.3) is 0 Å². The maximum Gasteiger partial charge on any atom is 0.255 e. The lowest BCUT2D eigenvalue weighted by Gasteiger charge is -2.27. The quantitative estimate of drug-likeness (QED) is 0.225. The largest absolute Gasteiger partial charge is 0.492 e. The molecule has 0 aliphatic carbocycles. The molecule has 3 N–H and O–H groups in total. The Morgan fingerprint density at radius 3 is 2.21 bits per heavy atom. The fourth-order valence-electron chi connectivity index (χ4n) is 5.66. The molecular weight excluding hydrogens is 681 g/mol. The lowest BCUT2D eigenvalue weighted by Crippen LogP contribution is -2.51. The van der Waals surface area contributed by atoms with E-state index in [2.05, 4.69) is 16.0 Å². The smallest absolute Gasteiger partial charge is 0.255 e. The van der Waals surface area contributed by atoms with E-state index in [1.165, 1.54) is 47.2 Å². The van der Waals surface area contributed by atoms with Crippen molar-refractivity contribution in [2.45, 2.75) is 31.5 Å². The highest BCUT2D eigenvalue weighted by atomic mass is 19.1. The number of carbonyl (C=O) groups excluding carboxylic acids is 5. The van der Waals surface area contributed by atoms with Crippen LogP contribution < -0.4 is 25.4 Å². The highest BCUT2D eigenvalue weighted by Crippen LogP contribution is 2.20. The first-order valence-electron chi connectivity index (χ1n) is 17.2. The Labute approximate surface area is 307 Å². The van der Waals surface area contributed by atoms with Crippen LogP contribution in [0, 0.1) is 5.82 Å². The predicted molar refractivity (Wildman–Crippen MR) is 194 cm³/mol. The maximum absolute atomic E-state index is 14.0. The fraction of sp³-hybridized carbons (Fsp3) is 0.275. The van der Waals surface area contributed by atoms with E-state index in [1.54, 1.807) is 42.5 Å². The first-order valence-corrected chi connectivity index (χ1v) is 17.2. The first kappa shape index (κ1) is 38.0. The Bertz CT molecular complexity index is 1860. The number of rotatable bonds is 9. The minimum Gasteiger partial charge on any atom is -0.492 e. The standard InChI is InChI=1S/C40H42FN5O7/c1-45-25-36(47)43-31(22-28-10-4-2-5-11-28)27-53-35-15-9-8-14-33(35)39(50)44-34(40(51)42-20-21-52-32-18-16-30(41)17-19-32)23-37(48)46(26-38(45)49)24-29-12-6-3-7-13-29/h2-19,31,34H,20-27H2,1H3,(H,42,51)(H,43,47)(H,44,50)/t31-,34+/m1/s1. The molecule has 13 heteroatoms. The second-order valence-corrected chi connectivity index (χ2v) is 12.6. The van der Waals surface area contributed by atoms with Gasteiger partial charge >= 0.3 is 0 Å². The van der Waals surface area contributed by atoms with E-state index in [9.17, 15) is 28.4 Å². The van der Waals surface area contributed by atoms with E-state index in [0.29, 0.717) is 12.2 Å². The number of likely N-dealkylation sites (N-methyl/N-ethyl adjacent to an activating group) is 1. The number of fused-ring (bicyclic) bond motifs is 1. The van der Waals surface area contributed by atoms with Crippen molar-refractivity contribution >= 4 is 29.5 Å². The maximum atomic E-state index is 14.0. The Kier molecular flexibility index (Phi) is 13.5. The lowest BCUT2D eigenvalue weighted by atomic mass is 10.1. The van der Waals surface area contributed by atoms with Crippen LogP contribution >= 0.6 is 0 Å². The van der Waals surface area contributed by atoms with Crippen LogP contribution in [0.5, 0.6) is 11.5 Å². The highest BCUT2D eigenvalue weighted by molar-refractivity contribution is 6.01. The average molecular weight is 724 g/mol. The van der Waals surface area contributed by atoms with E-state index < -0.39 is 53.9 Å². The van der Waals surface area contributed by atoms with Crippen molar-refractivity contribution < 1.29 is 37.8 Å². The summed E-state index contributed by atoms with van der Waals surface area (Å²) in [6.45, 7) is -0.597. The van der Waals surface area contributed by atoms with Gasteiger partial charge in [0.1, 0.15) is 43.1 Å². The van der Waals surface area contributed by atoms with E-state index >= 15 is 0 Å². The number of halogens is 1. The molecule has 0 bridgehead atoms. The molecule has 1 heterocycles. The van der Waals surface area contributed by atoms with Crippen LogP contribution in [0.3, 0.4) is 0 Å². The van der Waals surface area contributed by atoms with E-state index in [0.717, 1.165) is 11.1 Å². The number of amides is 5. The monoisotopic (exact) mass is 723 g/mol. The summed E-state index contributed by atoms with van der Waals surface area (Å²) in [5.41, 5.74) is 1.79. The number of benzene rings is 4. The second-order valence-electron chi connectivity index (χ2n) is 12.6. The third-order valence-electron chi connectivity index (χ3n) is 8.45. The van der Waals surface area contributed by atoms with Gasteiger partial charge in [-0.1, -0.05) is 72.8 Å². The van der Waals surface area contributed by atoms with Gasteiger partial charge in [-0.15, -0.1) is 0 Å². The molecule has 276 valence electrons. The van der Waals surface area contributed by atoms with Crippen LogP contribution in [-0.4, -0.2) is 91.3 Å². The summed E-state index contributed by atoms with van der Waals surface area (Å²) in [5.74, 6) is -2.66. The summed E-state index contributed by atoms with van der Waals surface area (Å²) < 4.78 is 25.0. The molecule has 1 aliphatic heterocycles. The third-order valence-corrected chi connectivity index (χ3v) is 8.45. The lowest BCUT2D eigenvalue weighted by molar-refractivity contribution is -0.142. The zero-order valence-corrected chi connectivity index (χ0v) is 29.3. The Hall–Kier alpha value is -6.24. The van der Waals surface area contributed by atoms with Crippen molar-refractivity contribution in [2.75, 3.05) is 39.9 Å². The molecule has 2 atom stereocenters. The molecule has 4 aromatic carbocycles. The number of carbonyl (C=O) groups is 5. The number of hydrogen-bond donors (Lipinski definition) is 3. The number of ether oxygens (including phenoxy) is 2. The normalized spacial score (nSPS) is 17.5. The van der Waals surface area contributed by atoms with Crippen molar-refractivity contribution in [1.82, 2.24) is 25.8 Å². The molecule has 5 rings (SSSR count). The number of nitrogens with zero attached hydrogens (tertiary/aromatic N) is 2. The van der Waals surface area contributed by atoms with Gasteiger partial charge in [0.25, 0.3) is 5.91 Å². The molecule has 0 unspecified atom stereocenters. The molecule has 53 heavy (non-hydrogen) atoms. The summed E-state index contributed by atoms with van der Waals surface area (Å²) in [5, 5.41) is 8.35. The SMILES string of the molecule is CN1CC(=O)N[C@H](Cc2ccccc2)COc2ccccc2C(=O)N[C@H](C(=O)NCCOc2ccc(F)cc2)CC(=O)N(Cc2ccccc2)CC1=O. The molecule has 5 amide bonds.